The first kappa shape index (κ1) is 13.6. The van der Waals surface area contributed by atoms with Crippen molar-refractivity contribution in [2.45, 2.75) is 25.8 Å². The maximum atomic E-state index is 11.5. The summed E-state index contributed by atoms with van der Waals surface area (Å²) in [6.45, 7) is 0.472. The highest BCUT2D eigenvalue weighted by Gasteiger charge is 2.24. The maximum absolute atomic E-state index is 11.5. The lowest BCUT2D eigenvalue weighted by atomic mass is 9.98. The van der Waals surface area contributed by atoms with E-state index in [1.54, 1.807) is 0 Å². The third kappa shape index (κ3) is 2.58. The molecule has 0 radical (unpaired) electrons. The van der Waals surface area contributed by atoms with Gasteiger partial charge >= 0.3 is 0 Å². The fourth-order valence-corrected chi connectivity index (χ4v) is 4.48. The van der Waals surface area contributed by atoms with E-state index in [1.807, 2.05) is 24.4 Å². The van der Waals surface area contributed by atoms with Gasteiger partial charge in [-0.1, -0.05) is 6.07 Å². The minimum absolute atomic E-state index is 0.310. The third-order valence-corrected chi connectivity index (χ3v) is 5.77. The zero-order valence-corrected chi connectivity index (χ0v) is 12.1. The number of hydrogen-bond acceptors (Lipinski definition) is 4. The summed E-state index contributed by atoms with van der Waals surface area (Å²) in [6.07, 6.45) is 4.15. The lowest BCUT2D eigenvalue weighted by Gasteiger charge is -2.21. The van der Waals surface area contributed by atoms with Crippen molar-refractivity contribution in [1.29, 1.82) is 0 Å². The molecule has 2 aromatic heterocycles. The third-order valence-electron chi connectivity index (χ3n) is 4.06. The fourth-order valence-electron chi connectivity index (χ4n) is 2.89. The molecule has 3 heterocycles. The Balaban J connectivity index is 1.85. The van der Waals surface area contributed by atoms with Crippen molar-refractivity contribution in [3.8, 4) is 0 Å². The molecule has 1 aliphatic heterocycles. The Morgan fingerprint density at radius 3 is 2.75 bits per heavy atom. The SMILES string of the molecule is NCc1cccc2cnc(CC3CCS(=O)(=O)CC3)n12. The molecule has 0 bridgehead atoms. The number of aromatic nitrogens is 2. The molecule has 0 amide bonds. The van der Waals surface area contributed by atoms with Crippen molar-refractivity contribution < 1.29 is 8.42 Å². The van der Waals surface area contributed by atoms with Crippen LogP contribution in [0.4, 0.5) is 0 Å². The molecule has 1 saturated heterocycles. The van der Waals surface area contributed by atoms with Crippen LogP contribution in [-0.4, -0.2) is 29.3 Å². The summed E-state index contributed by atoms with van der Waals surface area (Å²) in [6, 6.07) is 6.00. The number of hydrogen-bond donors (Lipinski definition) is 1. The second kappa shape index (κ2) is 5.18. The van der Waals surface area contributed by atoms with Crippen LogP contribution in [0.5, 0.6) is 0 Å². The molecule has 0 aliphatic carbocycles. The van der Waals surface area contributed by atoms with E-state index >= 15 is 0 Å². The Bertz CT molecular complexity index is 707. The smallest absolute Gasteiger partial charge is 0.150 e. The van der Waals surface area contributed by atoms with Crippen LogP contribution < -0.4 is 5.73 Å². The minimum Gasteiger partial charge on any atom is -0.325 e. The van der Waals surface area contributed by atoms with Gasteiger partial charge in [0.15, 0.2) is 0 Å². The summed E-state index contributed by atoms with van der Waals surface area (Å²) < 4.78 is 25.0. The molecule has 2 aromatic rings. The highest BCUT2D eigenvalue weighted by atomic mass is 32.2. The first-order valence-electron chi connectivity index (χ1n) is 6.94. The Kier molecular flexibility index (Phi) is 3.52. The molecule has 1 aliphatic rings. The summed E-state index contributed by atoms with van der Waals surface area (Å²) in [5.41, 5.74) is 7.87. The van der Waals surface area contributed by atoms with Crippen LogP contribution in [0.3, 0.4) is 0 Å². The average Bonchev–Trinajstić information content (AvgIpc) is 2.84. The number of sulfone groups is 1. The zero-order chi connectivity index (χ0) is 14.2. The van der Waals surface area contributed by atoms with Crippen LogP contribution in [0.25, 0.3) is 5.52 Å². The first-order chi connectivity index (χ1) is 9.59. The quantitative estimate of drug-likeness (QED) is 0.921. The number of imidazole rings is 1. The highest BCUT2D eigenvalue weighted by Crippen LogP contribution is 2.23. The lowest BCUT2D eigenvalue weighted by molar-refractivity contribution is 0.452. The summed E-state index contributed by atoms with van der Waals surface area (Å²) >= 11 is 0. The lowest BCUT2D eigenvalue weighted by Crippen LogP contribution is -2.25. The topological polar surface area (TPSA) is 77.5 Å². The second-order valence-corrected chi connectivity index (χ2v) is 7.76. The molecule has 2 N–H and O–H groups in total. The van der Waals surface area contributed by atoms with Gasteiger partial charge in [0.25, 0.3) is 0 Å². The van der Waals surface area contributed by atoms with Crippen molar-refractivity contribution in [1.82, 2.24) is 9.38 Å². The Labute approximate surface area is 118 Å². The van der Waals surface area contributed by atoms with Crippen molar-refractivity contribution >= 4 is 15.4 Å². The summed E-state index contributed by atoms with van der Waals surface area (Å²) in [5.74, 6) is 2.01. The van der Waals surface area contributed by atoms with Gasteiger partial charge in [-0.05, 0) is 30.9 Å². The van der Waals surface area contributed by atoms with Gasteiger partial charge < -0.3 is 5.73 Å². The molecular formula is C14H19N3O2S. The monoisotopic (exact) mass is 293 g/mol. The molecule has 0 aromatic carbocycles. The molecule has 0 atom stereocenters. The van der Waals surface area contributed by atoms with E-state index in [9.17, 15) is 8.42 Å². The van der Waals surface area contributed by atoms with Gasteiger partial charge in [0, 0.05) is 18.7 Å². The van der Waals surface area contributed by atoms with E-state index in [-0.39, 0.29) is 0 Å². The van der Waals surface area contributed by atoms with Crippen molar-refractivity contribution in [3.63, 3.8) is 0 Å². The predicted octanol–water partition coefficient (Wildman–Crippen LogP) is 1.16. The molecule has 1 fully saturated rings. The van der Waals surface area contributed by atoms with Gasteiger partial charge in [0.1, 0.15) is 15.7 Å². The van der Waals surface area contributed by atoms with E-state index in [4.69, 9.17) is 5.73 Å². The number of fused-ring (bicyclic) bond motifs is 1. The van der Waals surface area contributed by atoms with Crippen LogP contribution in [0.1, 0.15) is 24.4 Å². The summed E-state index contributed by atoms with van der Waals surface area (Å²) in [7, 11) is -2.80. The molecule has 0 spiro atoms. The predicted molar refractivity (Wildman–Crippen MR) is 78.2 cm³/mol. The Morgan fingerprint density at radius 2 is 2.05 bits per heavy atom. The van der Waals surface area contributed by atoms with Gasteiger partial charge in [-0.3, -0.25) is 4.40 Å². The normalized spacial score (nSPS) is 19.4. The van der Waals surface area contributed by atoms with Crippen LogP contribution in [0, 0.1) is 5.92 Å². The van der Waals surface area contributed by atoms with Gasteiger partial charge in [-0.2, -0.15) is 0 Å². The minimum atomic E-state index is -2.80. The fraction of sp³-hybridized carbons (Fsp3) is 0.500. The van der Waals surface area contributed by atoms with Crippen LogP contribution in [0.2, 0.25) is 0 Å². The molecular weight excluding hydrogens is 274 g/mol. The van der Waals surface area contributed by atoms with Crippen molar-refractivity contribution in [3.05, 3.63) is 35.9 Å². The summed E-state index contributed by atoms with van der Waals surface area (Å²) in [4.78, 5) is 4.49. The molecule has 0 saturated carbocycles. The number of pyridine rings is 1. The Hall–Kier alpha value is -1.40. The van der Waals surface area contributed by atoms with Crippen LogP contribution >= 0.6 is 0 Å². The standard InChI is InChI=1S/C14H19N3O2S/c15-9-12-2-1-3-13-10-16-14(17(12)13)8-11-4-6-20(18,19)7-5-11/h1-3,10-11H,4-9,15H2. The molecule has 3 rings (SSSR count). The van der Waals surface area contributed by atoms with Gasteiger partial charge in [0.2, 0.25) is 0 Å². The van der Waals surface area contributed by atoms with Gasteiger partial charge in [-0.15, -0.1) is 0 Å². The molecule has 108 valence electrons. The van der Waals surface area contributed by atoms with E-state index in [2.05, 4.69) is 9.38 Å². The number of rotatable bonds is 3. The van der Waals surface area contributed by atoms with E-state index < -0.39 is 9.84 Å². The van der Waals surface area contributed by atoms with Crippen molar-refractivity contribution in [2.75, 3.05) is 11.5 Å². The highest BCUT2D eigenvalue weighted by molar-refractivity contribution is 7.91. The van der Waals surface area contributed by atoms with Crippen LogP contribution in [-0.2, 0) is 22.8 Å². The summed E-state index contributed by atoms with van der Waals surface area (Å²) in [5, 5.41) is 0. The van der Waals surface area contributed by atoms with E-state index in [0.717, 1.165) is 36.3 Å². The maximum Gasteiger partial charge on any atom is 0.150 e. The zero-order valence-electron chi connectivity index (χ0n) is 11.3. The molecule has 0 unspecified atom stereocenters. The van der Waals surface area contributed by atoms with Gasteiger partial charge in [-0.25, -0.2) is 13.4 Å². The first-order valence-corrected chi connectivity index (χ1v) is 8.76. The second-order valence-electron chi connectivity index (χ2n) is 5.46. The molecule has 5 nitrogen and oxygen atoms in total. The van der Waals surface area contributed by atoms with Crippen LogP contribution in [0.15, 0.2) is 24.4 Å². The van der Waals surface area contributed by atoms with Gasteiger partial charge in [0.05, 0.1) is 23.2 Å². The molecule has 20 heavy (non-hydrogen) atoms. The van der Waals surface area contributed by atoms with E-state index in [1.165, 1.54) is 0 Å². The largest absolute Gasteiger partial charge is 0.325 e. The Morgan fingerprint density at radius 1 is 1.30 bits per heavy atom. The van der Waals surface area contributed by atoms with E-state index in [0.29, 0.717) is 24.0 Å². The number of nitrogens with zero attached hydrogens (tertiary/aromatic N) is 2. The number of nitrogens with two attached hydrogens (primary N) is 1. The molecule has 6 heteroatoms. The van der Waals surface area contributed by atoms with Crippen molar-refractivity contribution in [2.24, 2.45) is 11.7 Å². The average molecular weight is 293 g/mol.